The molecule has 1 unspecified atom stereocenters. The van der Waals surface area contributed by atoms with Crippen LogP contribution in [0.2, 0.25) is 0 Å². The summed E-state index contributed by atoms with van der Waals surface area (Å²) in [5, 5.41) is 9.42. The molecule has 2 heteroatoms. The van der Waals surface area contributed by atoms with E-state index in [4.69, 9.17) is 4.74 Å². The first-order valence-corrected chi connectivity index (χ1v) is 5.41. The summed E-state index contributed by atoms with van der Waals surface area (Å²) in [5.74, 6) is 0.406. The molecule has 1 heterocycles. The Morgan fingerprint density at radius 2 is 2.07 bits per heavy atom. The number of ether oxygens (including phenoxy) is 1. The van der Waals surface area contributed by atoms with Crippen LogP contribution in [-0.4, -0.2) is 17.8 Å². The molecule has 1 aliphatic heterocycles. The second-order valence-corrected chi connectivity index (χ2v) is 3.83. The molecule has 15 heavy (non-hydrogen) atoms. The number of hydrogen-bond acceptors (Lipinski definition) is 2. The predicted molar refractivity (Wildman–Crippen MR) is 59.8 cm³/mol. The Labute approximate surface area is 90.2 Å². The lowest BCUT2D eigenvalue weighted by molar-refractivity contribution is 0.0881. The summed E-state index contributed by atoms with van der Waals surface area (Å²) in [5.41, 5.74) is 1.35. The number of aryl methyl sites for hydroxylation is 1. The molecular weight excluding hydrogens is 188 g/mol. The molecule has 2 rings (SSSR count). The first kappa shape index (κ1) is 10.2. The van der Waals surface area contributed by atoms with E-state index in [9.17, 15) is 5.11 Å². The van der Waals surface area contributed by atoms with E-state index >= 15 is 0 Å². The summed E-state index contributed by atoms with van der Waals surface area (Å²) >= 11 is 0. The molecule has 0 bridgehead atoms. The molecule has 0 spiro atoms. The van der Waals surface area contributed by atoms with Gasteiger partial charge in [-0.05, 0) is 30.9 Å². The molecule has 2 nitrogen and oxygen atoms in total. The van der Waals surface area contributed by atoms with Gasteiger partial charge in [0.1, 0.15) is 11.9 Å². The van der Waals surface area contributed by atoms with Gasteiger partial charge in [-0.1, -0.05) is 30.3 Å². The fraction of sp³-hybridized carbons (Fsp3) is 0.385. The second-order valence-electron chi connectivity index (χ2n) is 3.83. The zero-order valence-corrected chi connectivity index (χ0v) is 8.73. The lowest BCUT2D eigenvalue weighted by Gasteiger charge is -2.10. The van der Waals surface area contributed by atoms with Crippen molar-refractivity contribution >= 4 is 0 Å². The molecule has 0 amide bonds. The number of benzene rings is 1. The van der Waals surface area contributed by atoms with Crippen LogP contribution >= 0.6 is 0 Å². The third-order valence-corrected chi connectivity index (χ3v) is 2.69. The lowest BCUT2D eigenvalue weighted by Crippen LogP contribution is -2.10. The van der Waals surface area contributed by atoms with Crippen LogP contribution in [0, 0.1) is 0 Å². The van der Waals surface area contributed by atoms with E-state index in [-0.39, 0.29) is 6.10 Å². The first-order valence-electron chi connectivity index (χ1n) is 5.41. The Morgan fingerprint density at radius 3 is 2.73 bits per heavy atom. The molecule has 1 N–H and O–H groups in total. The van der Waals surface area contributed by atoms with Crippen molar-refractivity contribution in [3.63, 3.8) is 0 Å². The van der Waals surface area contributed by atoms with Crippen molar-refractivity contribution < 1.29 is 9.84 Å². The molecule has 1 aromatic rings. The highest BCUT2D eigenvalue weighted by Crippen LogP contribution is 2.17. The van der Waals surface area contributed by atoms with Crippen LogP contribution in [0.1, 0.15) is 18.4 Å². The van der Waals surface area contributed by atoms with Crippen molar-refractivity contribution in [3.05, 3.63) is 47.7 Å². The summed E-state index contributed by atoms with van der Waals surface area (Å²) in [6.07, 6.45) is 4.68. The van der Waals surface area contributed by atoms with E-state index in [0.717, 1.165) is 19.3 Å². The molecule has 0 saturated heterocycles. The van der Waals surface area contributed by atoms with Gasteiger partial charge < -0.3 is 9.84 Å². The maximum Gasteiger partial charge on any atom is 0.119 e. The zero-order chi connectivity index (χ0) is 10.5. The first-order chi connectivity index (χ1) is 7.36. The number of rotatable bonds is 4. The molecule has 0 saturated carbocycles. The third kappa shape index (κ3) is 2.83. The highest BCUT2D eigenvalue weighted by molar-refractivity contribution is 5.14. The Kier molecular flexibility index (Phi) is 3.41. The van der Waals surface area contributed by atoms with Crippen LogP contribution in [0.25, 0.3) is 0 Å². The molecule has 0 fully saturated rings. The average Bonchev–Trinajstić information content (AvgIpc) is 2.66. The maximum atomic E-state index is 9.42. The standard InChI is InChI=1S/C13H16O2/c14-12-9-10-15-13(12)8-4-7-11-5-2-1-3-6-11/h1-3,5-6,9,13-14H,4,7-8,10H2. The largest absolute Gasteiger partial charge is 0.510 e. The van der Waals surface area contributed by atoms with Gasteiger partial charge in [-0.25, -0.2) is 0 Å². The monoisotopic (exact) mass is 204 g/mol. The number of hydrogen-bond donors (Lipinski definition) is 1. The van der Waals surface area contributed by atoms with Gasteiger partial charge in [-0.3, -0.25) is 0 Å². The summed E-state index contributed by atoms with van der Waals surface area (Å²) in [4.78, 5) is 0. The second kappa shape index (κ2) is 4.99. The van der Waals surface area contributed by atoms with Gasteiger partial charge in [0.2, 0.25) is 0 Å². The van der Waals surface area contributed by atoms with Crippen molar-refractivity contribution in [3.8, 4) is 0 Å². The normalized spacial score (nSPS) is 20.3. The zero-order valence-electron chi connectivity index (χ0n) is 8.73. The summed E-state index contributed by atoms with van der Waals surface area (Å²) in [6, 6.07) is 10.4. The minimum Gasteiger partial charge on any atom is -0.510 e. The van der Waals surface area contributed by atoms with Crippen LogP contribution < -0.4 is 0 Å². The van der Waals surface area contributed by atoms with Crippen LogP contribution in [0.4, 0.5) is 0 Å². The Morgan fingerprint density at radius 1 is 1.27 bits per heavy atom. The predicted octanol–water partition coefficient (Wildman–Crippen LogP) is 2.85. The van der Waals surface area contributed by atoms with Crippen molar-refractivity contribution in [1.82, 2.24) is 0 Å². The van der Waals surface area contributed by atoms with Gasteiger partial charge in [0.25, 0.3) is 0 Å². The SMILES string of the molecule is OC1=CCOC1CCCc1ccccc1. The quantitative estimate of drug-likeness (QED) is 0.817. The third-order valence-electron chi connectivity index (χ3n) is 2.69. The highest BCUT2D eigenvalue weighted by atomic mass is 16.5. The maximum absolute atomic E-state index is 9.42. The van der Waals surface area contributed by atoms with E-state index in [1.54, 1.807) is 6.08 Å². The van der Waals surface area contributed by atoms with E-state index in [0.29, 0.717) is 12.4 Å². The van der Waals surface area contributed by atoms with Gasteiger partial charge in [-0.15, -0.1) is 0 Å². The summed E-state index contributed by atoms with van der Waals surface area (Å²) in [7, 11) is 0. The van der Waals surface area contributed by atoms with Crippen LogP contribution in [0.3, 0.4) is 0 Å². The van der Waals surface area contributed by atoms with Crippen LogP contribution in [-0.2, 0) is 11.2 Å². The van der Waals surface area contributed by atoms with Crippen molar-refractivity contribution in [2.45, 2.75) is 25.4 Å². The molecule has 1 aromatic carbocycles. The molecule has 80 valence electrons. The molecule has 0 radical (unpaired) electrons. The van der Waals surface area contributed by atoms with Crippen molar-refractivity contribution in [2.24, 2.45) is 0 Å². The Balaban J connectivity index is 1.74. The minimum atomic E-state index is -0.0614. The van der Waals surface area contributed by atoms with Gasteiger partial charge >= 0.3 is 0 Å². The van der Waals surface area contributed by atoms with Gasteiger partial charge in [0.15, 0.2) is 0 Å². The average molecular weight is 204 g/mol. The van der Waals surface area contributed by atoms with E-state index in [1.807, 2.05) is 6.07 Å². The van der Waals surface area contributed by atoms with Crippen LogP contribution in [0.5, 0.6) is 0 Å². The number of aliphatic hydroxyl groups excluding tert-OH is 1. The van der Waals surface area contributed by atoms with Crippen molar-refractivity contribution in [2.75, 3.05) is 6.61 Å². The van der Waals surface area contributed by atoms with E-state index < -0.39 is 0 Å². The molecule has 0 aromatic heterocycles. The molecule has 0 aliphatic carbocycles. The number of aliphatic hydroxyl groups is 1. The fourth-order valence-electron chi connectivity index (χ4n) is 1.83. The molecule has 1 atom stereocenters. The van der Waals surface area contributed by atoms with Crippen LogP contribution in [0.15, 0.2) is 42.2 Å². The van der Waals surface area contributed by atoms with Gasteiger partial charge in [-0.2, -0.15) is 0 Å². The van der Waals surface area contributed by atoms with Crippen molar-refractivity contribution in [1.29, 1.82) is 0 Å². The van der Waals surface area contributed by atoms with Gasteiger partial charge in [0, 0.05) is 0 Å². The highest BCUT2D eigenvalue weighted by Gasteiger charge is 2.18. The van der Waals surface area contributed by atoms with E-state index in [1.165, 1.54) is 5.56 Å². The Bertz CT molecular complexity index is 330. The topological polar surface area (TPSA) is 29.5 Å². The summed E-state index contributed by atoms with van der Waals surface area (Å²) < 4.78 is 5.36. The minimum absolute atomic E-state index is 0.0614. The lowest BCUT2D eigenvalue weighted by atomic mass is 10.1. The molecular formula is C13H16O2. The van der Waals surface area contributed by atoms with Gasteiger partial charge in [0.05, 0.1) is 6.61 Å². The van der Waals surface area contributed by atoms with E-state index in [2.05, 4.69) is 24.3 Å². The molecule has 1 aliphatic rings. The fourth-order valence-corrected chi connectivity index (χ4v) is 1.83. The summed E-state index contributed by atoms with van der Waals surface area (Å²) in [6.45, 7) is 0.557. The smallest absolute Gasteiger partial charge is 0.119 e. The Hall–Kier alpha value is -1.28.